The smallest absolute Gasteiger partial charge is 0.347 e. The SMILES string of the molecule is Cc1nc(-c2ccc(OC3CCCCC3)c(-c3c(C)noc3C)c2)sc1C(=O)O. The fraction of sp³-hybridized carbons (Fsp3) is 0.409. The van der Waals surface area contributed by atoms with E-state index in [1.807, 2.05) is 32.0 Å². The summed E-state index contributed by atoms with van der Waals surface area (Å²) in [5, 5.41) is 14.1. The van der Waals surface area contributed by atoms with Crippen LogP contribution in [0.15, 0.2) is 22.7 Å². The van der Waals surface area contributed by atoms with Crippen molar-refractivity contribution in [3.05, 3.63) is 40.2 Å². The molecule has 7 heteroatoms. The highest BCUT2D eigenvalue weighted by molar-refractivity contribution is 7.17. The molecule has 6 nitrogen and oxygen atoms in total. The number of aromatic nitrogens is 2. The molecule has 1 aliphatic rings. The van der Waals surface area contributed by atoms with Crippen LogP contribution in [-0.4, -0.2) is 27.3 Å². The lowest BCUT2D eigenvalue weighted by molar-refractivity contribution is 0.0701. The first kappa shape index (κ1) is 19.6. The quantitative estimate of drug-likeness (QED) is 0.570. The third-order valence-electron chi connectivity index (χ3n) is 5.37. The number of rotatable bonds is 5. The van der Waals surface area contributed by atoms with Crippen molar-refractivity contribution in [1.29, 1.82) is 0 Å². The van der Waals surface area contributed by atoms with E-state index in [-0.39, 0.29) is 11.0 Å². The number of hydrogen-bond acceptors (Lipinski definition) is 6. The summed E-state index contributed by atoms with van der Waals surface area (Å²) in [7, 11) is 0. The number of carboxylic acid groups (broad SMARTS) is 1. The molecule has 1 N–H and O–H groups in total. The second-order valence-corrected chi connectivity index (χ2v) is 8.53. The van der Waals surface area contributed by atoms with Gasteiger partial charge in [0.25, 0.3) is 0 Å². The van der Waals surface area contributed by atoms with Crippen molar-refractivity contribution in [2.75, 3.05) is 0 Å². The van der Waals surface area contributed by atoms with Crippen LogP contribution in [0.25, 0.3) is 21.7 Å². The maximum atomic E-state index is 11.4. The van der Waals surface area contributed by atoms with Gasteiger partial charge >= 0.3 is 5.97 Å². The van der Waals surface area contributed by atoms with Crippen molar-refractivity contribution < 1.29 is 19.2 Å². The van der Waals surface area contributed by atoms with Crippen LogP contribution in [0.3, 0.4) is 0 Å². The molecule has 0 amide bonds. The molecule has 4 rings (SSSR count). The Morgan fingerprint density at radius 3 is 2.55 bits per heavy atom. The lowest BCUT2D eigenvalue weighted by Crippen LogP contribution is -2.20. The van der Waals surface area contributed by atoms with Crippen LogP contribution in [0.4, 0.5) is 0 Å². The summed E-state index contributed by atoms with van der Waals surface area (Å²) in [6, 6.07) is 5.92. The highest BCUT2D eigenvalue weighted by Gasteiger charge is 2.22. The number of carbonyl (C=O) groups is 1. The summed E-state index contributed by atoms with van der Waals surface area (Å²) in [6.07, 6.45) is 6.01. The number of thiazole rings is 1. The Morgan fingerprint density at radius 2 is 1.93 bits per heavy atom. The monoisotopic (exact) mass is 412 g/mol. The van der Waals surface area contributed by atoms with Gasteiger partial charge in [0.05, 0.1) is 23.1 Å². The van der Waals surface area contributed by atoms with Gasteiger partial charge in [-0.15, -0.1) is 11.3 Å². The van der Waals surface area contributed by atoms with E-state index in [0.29, 0.717) is 10.7 Å². The Kier molecular flexibility index (Phi) is 5.41. The Hall–Kier alpha value is -2.67. The van der Waals surface area contributed by atoms with Gasteiger partial charge in [-0.1, -0.05) is 11.6 Å². The van der Waals surface area contributed by atoms with Crippen molar-refractivity contribution >= 4 is 17.3 Å². The third-order valence-corrected chi connectivity index (χ3v) is 6.56. The highest BCUT2D eigenvalue weighted by atomic mass is 32.1. The summed E-state index contributed by atoms with van der Waals surface area (Å²) in [5.74, 6) is 0.589. The molecule has 1 aromatic carbocycles. The van der Waals surface area contributed by atoms with Crippen LogP contribution in [-0.2, 0) is 0 Å². The van der Waals surface area contributed by atoms with Crippen LogP contribution < -0.4 is 4.74 Å². The molecule has 0 spiro atoms. The number of benzene rings is 1. The van der Waals surface area contributed by atoms with Crippen molar-refractivity contribution in [2.45, 2.75) is 59.0 Å². The zero-order chi connectivity index (χ0) is 20.5. The zero-order valence-corrected chi connectivity index (χ0v) is 17.6. The summed E-state index contributed by atoms with van der Waals surface area (Å²) in [6.45, 7) is 5.53. The molecule has 3 aromatic rings. The Balaban J connectivity index is 1.78. The van der Waals surface area contributed by atoms with E-state index in [9.17, 15) is 9.90 Å². The topological polar surface area (TPSA) is 85.5 Å². The van der Waals surface area contributed by atoms with Gasteiger partial charge in [-0.05, 0) is 64.7 Å². The molecule has 2 heterocycles. The molecule has 0 aliphatic heterocycles. The summed E-state index contributed by atoms with van der Waals surface area (Å²) < 4.78 is 11.8. The Labute approximate surface area is 173 Å². The van der Waals surface area contributed by atoms with Gasteiger partial charge in [0.15, 0.2) is 0 Å². The highest BCUT2D eigenvalue weighted by Crippen LogP contribution is 2.40. The van der Waals surface area contributed by atoms with Crippen molar-refractivity contribution in [2.24, 2.45) is 0 Å². The van der Waals surface area contributed by atoms with Gasteiger partial charge in [-0.2, -0.15) is 0 Å². The first-order valence-electron chi connectivity index (χ1n) is 9.89. The molecule has 0 unspecified atom stereocenters. The number of hydrogen-bond donors (Lipinski definition) is 1. The van der Waals surface area contributed by atoms with Gasteiger partial charge in [-0.25, -0.2) is 9.78 Å². The van der Waals surface area contributed by atoms with E-state index >= 15 is 0 Å². The molecule has 0 radical (unpaired) electrons. The fourth-order valence-corrected chi connectivity index (χ4v) is 4.81. The number of aromatic carboxylic acids is 1. The van der Waals surface area contributed by atoms with Gasteiger partial charge in [-0.3, -0.25) is 0 Å². The minimum Gasteiger partial charge on any atom is -0.490 e. The molecule has 0 atom stereocenters. The fourth-order valence-electron chi connectivity index (χ4n) is 3.91. The molecule has 1 saturated carbocycles. The molecule has 1 fully saturated rings. The standard InChI is InChI=1S/C22H24N2O4S/c1-12-19(14(3)28-24-12)17-11-15(21-23-13(2)20(29-21)22(25)26)9-10-18(17)27-16-7-5-4-6-8-16/h9-11,16H,4-8H2,1-3H3,(H,25,26). The molecular weight excluding hydrogens is 388 g/mol. The summed E-state index contributed by atoms with van der Waals surface area (Å²) in [4.78, 5) is 16.2. The van der Waals surface area contributed by atoms with E-state index in [0.717, 1.165) is 46.7 Å². The van der Waals surface area contributed by atoms with Crippen molar-refractivity contribution in [3.8, 4) is 27.4 Å². The van der Waals surface area contributed by atoms with E-state index < -0.39 is 5.97 Å². The van der Waals surface area contributed by atoms with E-state index in [1.54, 1.807) is 6.92 Å². The van der Waals surface area contributed by atoms with Crippen LogP contribution in [0, 0.1) is 20.8 Å². The first-order chi connectivity index (χ1) is 13.9. The van der Waals surface area contributed by atoms with E-state index in [1.165, 1.54) is 30.6 Å². The Morgan fingerprint density at radius 1 is 1.17 bits per heavy atom. The molecule has 152 valence electrons. The zero-order valence-electron chi connectivity index (χ0n) is 16.8. The van der Waals surface area contributed by atoms with Gasteiger partial charge in [0.2, 0.25) is 0 Å². The molecule has 1 aliphatic carbocycles. The number of nitrogens with zero attached hydrogens (tertiary/aromatic N) is 2. The molecule has 0 saturated heterocycles. The van der Waals surface area contributed by atoms with Crippen molar-refractivity contribution in [3.63, 3.8) is 0 Å². The second-order valence-electron chi connectivity index (χ2n) is 7.53. The maximum absolute atomic E-state index is 11.4. The molecule has 0 bridgehead atoms. The van der Waals surface area contributed by atoms with Crippen LogP contribution in [0.5, 0.6) is 5.75 Å². The average Bonchev–Trinajstić information content (AvgIpc) is 3.25. The lowest BCUT2D eigenvalue weighted by atomic mass is 9.97. The third kappa shape index (κ3) is 3.92. The largest absolute Gasteiger partial charge is 0.490 e. The Bertz CT molecular complexity index is 1030. The first-order valence-corrected chi connectivity index (χ1v) is 10.7. The van der Waals surface area contributed by atoms with Crippen LogP contribution in [0.1, 0.15) is 58.9 Å². The van der Waals surface area contributed by atoms with Crippen LogP contribution in [0.2, 0.25) is 0 Å². The maximum Gasteiger partial charge on any atom is 0.347 e. The van der Waals surface area contributed by atoms with Gasteiger partial charge < -0.3 is 14.4 Å². The predicted octanol–water partition coefficient (Wildman–Crippen LogP) is 5.80. The van der Waals surface area contributed by atoms with Gasteiger partial charge in [0.1, 0.15) is 21.4 Å². The second kappa shape index (κ2) is 7.99. The van der Waals surface area contributed by atoms with E-state index in [4.69, 9.17) is 9.26 Å². The van der Waals surface area contributed by atoms with E-state index in [2.05, 4.69) is 10.1 Å². The molecule has 2 aromatic heterocycles. The minimum atomic E-state index is -0.950. The number of carboxylic acids is 1. The average molecular weight is 413 g/mol. The molecular formula is C22H24N2O4S. The minimum absolute atomic E-state index is 0.217. The van der Waals surface area contributed by atoms with Crippen molar-refractivity contribution in [1.82, 2.24) is 10.1 Å². The van der Waals surface area contributed by atoms with Crippen LogP contribution >= 0.6 is 11.3 Å². The molecule has 29 heavy (non-hydrogen) atoms. The number of aryl methyl sites for hydroxylation is 3. The van der Waals surface area contributed by atoms with Gasteiger partial charge in [0, 0.05) is 11.1 Å². The lowest BCUT2D eigenvalue weighted by Gasteiger charge is -2.24. The summed E-state index contributed by atoms with van der Waals surface area (Å²) >= 11 is 1.19. The number of ether oxygens (including phenoxy) is 1. The predicted molar refractivity (Wildman–Crippen MR) is 112 cm³/mol. The normalized spacial score (nSPS) is 14.9. The summed E-state index contributed by atoms with van der Waals surface area (Å²) in [5.41, 5.74) is 4.02.